The van der Waals surface area contributed by atoms with E-state index in [1.54, 1.807) is 0 Å². The molecule has 1 saturated heterocycles. The molecule has 78 valence electrons. The molecule has 2 rings (SSSR count). The van der Waals surface area contributed by atoms with Crippen LogP contribution in [0.5, 0.6) is 0 Å². The molecular formula is C10H14F2N2. The highest BCUT2D eigenvalue weighted by Crippen LogP contribution is 2.28. The van der Waals surface area contributed by atoms with E-state index in [4.69, 9.17) is 0 Å². The minimum Gasteiger partial charge on any atom is -0.364 e. The first-order valence-electron chi connectivity index (χ1n) is 4.88. The van der Waals surface area contributed by atoms with Gasteiger partial charge in [-0.3, -0.25) is 4.90 Å². The number of nitrogens with one attached hydrogen (secondary N) is 1. The van der Waals surface area contributed by atoms with E-state index in [0.29, 0.717) is 13.1 Å². The Morgan fingerprint density at radius 1 is 1.36 bits per heavy atom. The van der Waals surface area contributed by atoms with Gasteiger partial charge in [-0.25, -0.2) is 8.78 Å². The van der Waals surface area contributed by atoms with Gasteiger partial charge in [0, 0.05) is 44.4 Å². The Balaban J connectivity index is 1.85. The second-order valence-corrected chi connectivity index (χ2v) is 3.83. The Kier molecular flexibility index (Phi) is 2.54. The van der Waals surface area contributed by atoms with Gasteiger partial charge in [0.15, 0.2) is 0 Å². The SMILES string of the molecule is FC1(F)CCN(Cc2ccc[nH]2)CC1. The Morgan fingerprint density at radius 3 is 2.64 bits per heavy atom. The molecule has 0 spiro atoms. The number of rotatable bonds is 2. The zero-order valence-corrected chi connectivity index (χ0v) is 7.97. The topological polar surface area (TPSA) is 19.0 Å². The molecule has 4 heteroatoms. The number of halogens is 2. The fraction of sp³-hybridized carbons (Fsp3) is 0.600. The number of alkyl halides is 2. The molecule has 1 N–H and O–H groups in total. The average Bonchev–Trinajstić information content (AvgIpc) is 2.61. The van der Waals surface area contributed by atoms with Crippen LogP contribution in [0.1, 0.15) is 18.5 Å². The van der Waals surface area contributed by atoms with Crippen molar-refractivity contribution in [3.8, 4) is 0 Å². The Morgan fingerprint density at radius 2 is 2.07 bits per heavy atom. The maximum Gasteiger partial charge on any atom is 0.250 e. The number of nitrogens with zero attached hydrogens (tertiary/aromatic N) is 1. The summed E-state index contributed by atoms with van der Waals surface area (Å²) < 4.78 is 25.6. The fourth-order valence-corrected chi connectivity index (χ4v) is 1.75. The van der Waals surface area contributed by atoms with E-state index in [1.165, 1.54) is 0 Å². The molecule has 0 aromatic carbocycles. The Hall–Kier alpha value is -0.900. The van der Waals surface area contributed by atoms with Crippen LogP contribution in [0.3, 0.4) is 0 Å². The van der Waals surface area contributed by atoms with E-state index in [-0.39, 0.29) is 12.8 Å². The summed E-state index contributed by atoms with van der Waals surface area (Å²) in [5.74, 6) is -2.44. The lowest BCUT2D eigenvalue weighted by Crippen LogP contribution is -2.38. The number of piperidine rings is 1. The van der Waals surface area contributed by atoms with E-state index in [2.05, 4.69) is 9.88 Å². The molecule has 0 saturated carbocycles. The first-order valence-corrected chi connectivity index (χ1v) is 4.88. The van der Waals surface area contributed by atoms with E-state index in [0.717, 1.165) is 12.2 Å². The second-order valence-electron chi connectivity index (χ2n) is 3.83. The van der Waals surface area contributed by atoms with Crippen LogP contribution in [0, 0.1) is 0 Å². The number of hydrogen-bond acceptors (Lipinski definition) is 1. The molecule has 1 fully saturated rings. The molecule has 14 heavy (non-hydrogen) atoms. The summed E-state index contributed by atoms with van der Waals surface area (Å²) in [6.07, 6.45) is 1.84. The number of likely N-dealkylation sites (tertiary alicyclic amines) is 1. The van der Waals surface area contributed by atoms with E-state index in [1.807, 2.05) is 18.3 Å². The molecule has 0 bridgehead atoms. The van der Waals surface area contributed by atoms with E-state index < -0.39 is 5.92 Å². The van der Waals surface area contributed by atoms with Crippen molar-refractivity contribution in [1.82, 2.24) is 9.88 Å². The third kappa shape index (κ3) is 2.32. The summed E-state index contributed by atoms with van der Waals surface area (Å²) in [5.41, 5.74) is 1.09. The molecule has 0 amide bonds. The molecule has 1 aliphatic rings. The number of aromatic nitrogens is 1. The lowest BCUT2D eigenvalue weighted by Gasteiger charge is -2.31. The van der Waals surface area contributed by atoms with Crippen LogP contribution < -0.4 is 0 Å². The number of hydrogen-bond donors (Lipinski definition) is 1. The van der Waals surface area contributed by atoms with Gasteiger partial charge in [-0.15, -0.1) is 0 Å². The highest BCUT2D eigenvalue weighted by atomic mass is 19.3. The Labute approximate surface area is 81.9 Å². The molecule has 0 atom stereocenters. The van der Waals surface area contributed by atoms with Crippen molar-refractivity contribution >= 4 is 0 Å². The minimum atomic E-state index is -2.44. The van der Waals surface area contributed by atoms with Crippen LogP contribution in [0.4, 0.5) is 8.78 Å². The lowest BCUT2D eigenvalue weighted by atomic mass is 10.1. The van der Waals surface area contributed by atoms with Gasteiger partial charge in [-0.1, -0.05) is 0 Å². The summed E-state index contributed by atoms with van der Waals surface area (Å²) in [4.78, 5) is 5.13. The van der Waals surface area contributed by atoms with Gasteiger partial charge < -0.3 is 4.98 Å². The van der Waals surface area contributed by atoms with Gasteiger partial charge in [-0.05, 0) is 12.1 Å². The quantitative estimate of drug-likeness (QED) is 0.775. The fourth-order valence-electron chi connectivity index (χ4n) is 1.75. The zero-order valence-electron chi connectivity index (χ0n) is 7.97. The van der Waals surface area contributed by atoms with Gasteiger partial charge in [0.2, 0.25) is 0 Å². The van der Waals surface area contributed by atoms with Crippen LogP contribution in [0.25, 0.3) is 0 Å². The van der Waals surface area contributed by atoms with Gasteiger partial charge in [0.25, 0.3) is 5.92 Å². The van der Waals surface area contributed by atoms with E-state index in [9.17, 15) is 8.78 Å². The summed E-state index contributed by atoms with van der Waals surface area (Å²) in [6.45, 7) is 1.74. The largest absolute Gasteiger partial charge is 0.364 e. The van der Waals surface area contributed by atoms with Crippen LogP contribution in [-0.4, -0.2) is 28.9 Å². The molecule has 1 aromatic heterocycles. The van der Waals surface area contributed by atoms with Crippen LogP contribution in [0.2, 0.25) is 0 Å². The van der Waals surface area contributed by atoms with Crippen molar-refractivity contribution in [3.05, 3.63) is 24.0 Å². The van der Waals surface area contributed by atoms with Crippen molar-refractivity contribution < 1.29 is 8.78 Å². The molecule has 2 nitrogen and oxygen atoms in total. The summed E-state index contributed by atoms with van der Waals surface area (Å²) in [7, 11) is 0. The predicted molar refractivity (Wildman–Crippen MR) is 50.3 cm³/mol. The molecule has 1 aromatic rings. The van der Waals surface area contributed by atoms with Crippen molar-refractivity contribution in [2.24, 2.45) is 0 Å². The highest BCUT2D eigenvalue weighted by Gasteiger charge is 2.33. The number of H-pyrrole nitrogens is 1. The first kappa shape index (κ1) is 9.65. The molecule has 2 heterocycles. The minimum absolute atomic E-state index is 0.00624. The maximum absolute atomic E-state index is 12.8. The normalized spacial score (nSPS) is 22.4. The van der Waals surface area contributed by atoms with E-state index >= 15 is 0 Å². The van der Waals surface area contributed by atoms with Gasteiger partial charge in [-0.2, -0.15) is 0 Å². The van der Waals surface area contributed by atoms with Crippen LogP contribution in [0.15, 0.2) is 18.3 Å². The van der Waals surface area contributed by atoms with Crippen LogP contribution in [-0.2, 0) is 6.54 Å². The highest BCUT2D eigenvalue weighted by molar-refractivity contribution is 5.03. The van der Waals surface area contributed by atoms with Crippen molar-refractivity contribution in [3.63, 3.8) is 0 Å². The smallest absolute Gasteiger partial charge is 0.250 e. The van der Waals surface area contributed by atoms with Crippen molar-refractivity contribution in [2.75, 3.05) is 13.1 Å². The summed E-state index contributed by atoms with van der Waals surface area (Å²) >= 11 is 0. The maximum atomic E-state index is 12.8. The first-order chi connectivity index (χ1) is 6.66. The molecule has 1 aliphatic heterocycles. The molecule has 0 unspecified atom stereocenters. The third-order valence-corrected chi connectivity index (χ3v) is 2.64. The van der Waals surface area contributed by atoms with Gasteiger partial charge in [0.05, 0.1) is 0 Å². The second kappa shape index (κ2) is 3.69. The Bertz CT molecular complexity index is 272. The zero-order chi connectivity index (χ0) is 10.0. The van der Waals surface area contributed by atoms with Gasteiger partial charge >= 0.3 is 0 Å². The standard InChI is InChI=1S/C10H14F2N2/c11-10(12)3-6-14(7-4-10)8-9-2-1-5-13-9/h1-2,5,13H,3-4,6-8H2. The molecule has 0 radical (unpaired) electrons. The molecule has 0 aliphatic carbocycles. The van der Waals surface area contributed by atoms with Crippen molar-refractivity contribution in [1.29, 1.82) is 0 Å². The number of aromatic amines is 1. The third-order valence-electron chi connectivity index (χ3n) is 2.64. The molecular weight excluding hydrogens is 186 g/mol. The average molecular weight is 200 g/mol. The van der Waals surface area contributed by atoms with Gasteiger partial charge in [0.1, 0.15) is 0 Å². The lowest BCUT2D eigenvalue weighted by molar-refractivity contribution is -0.0568. The predicted octanol–water partition coefficient (Wildman–Crippen LogP) is 2.25. The monoisotopic (exact) mass is 200 g/mol. The van der Waals surface area contributed by atoms with Crippen LogP contribution >= 0.6 is 0 Å². The summed E-state index contributed by atoms with van der Waals surface area (Å²) in [6, 6.07) is 3.90. The summed E-state index contributed by atoms with van der Waals surface area (Å²) in [5, 5.41) is 0. The van der Waals surface area contributed by atoms with Crippen molar-refractivity contribution in [2.45, 2.75) is 25.3 Å².